The van der Waals surface area contributed by atoms with Crippen molar-refractivity contribution in [2.24, 2.45) is 5.92 Å². The lowest BCUT2D eigenvalue weighted by molar-refractivity contribution is 0.221. The molecule has 0 aliphatic carbocycles. The molecule has 0 saturated carbocycles. The number of nitrogens with zero attached hydrogens (tertiary/aromatic N) is 2. The molecule has 1 fully saturated rings. The summed E-state index contributed by atoms with van der Waals surface area (Å²) >= 11 is 0. The van der Waals surface area contributed by atoms with Crippen LogP contribution in [0.5, 0.6) is 0 Å². The Hall–Kier alpha value is -0.860. The highest BCUT2D eigenvalue weighted by molar-refractivity contribution is 5.19. The van der Waals surface area contributed by atoms with Crippen LogP contribution in [0.3, 0.4) is 0 Å². The number of hydrogen-bond acceptors (Lipinski definition) is 2. The standard InChI is InChI=1S/C16H26N2/c1-4-16(15-8-6-5-7-9-15)18-11-10-14(13-18)12-17(2)3/h5-9,14,16H,4,10-13H2,1-3H3/t14-,16+/m0/s1. The van der Waals surface area contributed by atoms with E-state index in [1.807, 2.05) is 0 Å². The van der Waals surface area contributed by atoms with E-state index in [0.717, 1.165) is 5.92 Å². The summed E-state index contributed by atoms with van der Waals surface area (Å²) in [5, 5.41) is 0. The smallest absolute Gasteiger partial charge is 0.0345 e. The Morgan fingerprint density at radius 3 is 2.61 bits per heavy atom. The molecule has 1 aromatic carbocycles. The molecule has 2 nitrogen and oxygen atoms in total. The van der Waals surface area contributed by atoms with Crippen molar-refractivity contribution in [1.29, 1.82) is 0 Å². The molecule has 0 spiro atoms. The fraction of sp³-hybridized carbons (Fsp3) is 0.625. The van der Waals surface area contributed by atoms with Gasteiger partial charge in [-0.1, -0.05) is 37.3 Å². The van der Waals surface area contributed by atoms with Crippen molar-refractivity contribution in [3.63, 3.8) is 0 Å². The van der Waals surface area contributed by atoms with Crippen LogP contribution in [0.2, 0.25) is 0 Å². The van der Waals surface area contributed by atoms with Crippen LogP contribution in [0.15, 0.2) is 30.3 Å². The van der Waals surface area contributed by atoms with Crippen molar-refractivity contribution in [2.45, 2.75) is 25.8 Å². The molecule has 2 rings (SSSR count). The number of benzene rings is 1. The first-order chi connectivity index (χ1) is 8.70. The predicted octanol–water partition coefficient (Wildman–Crippen LogP) is 3.02. The van der Waals surface area contributed by atoms with Crippen molar-refractivity contribution in [3.05, 3.63) is 35.9 Å². The second kappa shape index (κ2) is 6.35. The van der Waals surface area contributed by atoms with E-state index in [2.05, 4.69) is 61.2 Å². The zero-order valence-corrected chi connectivity index (χ0v) is 12.0. The quantitative estimate of drug-likeness (QED) is 0.788. The molecular formula is C16H26N2. The topological polar surface area (TPSA) is 6.48 Å². The molecule has 1 aliphatic rings. The summed E-state index contributed by atoms with van der Waals surface area (Å²) in [7, 11) is 4.36. The first kappa shape index (κ1) is 13.6. The molecule has 0 radical (unpaired) electrons. The highest BCUT2D eigenvalue weighted by Crippen LogP contribution is 2.30. The zero-order valence-electron chi connectivity index (χ0n) is 12.0. The highest BCUT2D eigenvalue weighted by atomic mass is 15.2. The van der Waals surface area contributed by atoms with Crippen LogP contribution in [-0.2, 0) is 0 Å². The molecule has 0 unspecified atom stereocenters. The second-order valence-corrected chi connectivity index (χ2v) is 5.75. The van der Waals surface area contributed by atoms with E-state index in [4.69, 9.17) is 0 Å². The SMILES string of the molecule is CC[C@H](c1ccccc1)N1CC[C@@H](CN(C)C)C1. The van der Waals surface area contributed by atoms with Gasteiger partial charge in [-0.05, 0) is 45.0 Å². The largest absolute Gasteiger partial charge is 0.309 e. The molecule has 1 saturated heterocycles. The van der Waals surface area contributed by atoms with Crippen LogP contribution < -0.4 is 0 Å². The van der Waals surface area contributed by atoms with E-state index in [0.29, 0.717) is 6.04 Å². The van der Waals surface area contributed by atoms with Crippen LogP contribution in [0.25, 0.3) is 0 Å². The van der Waals surface area contributed by atoms with Gasteiger partial charge < -0.3 is 4.90 Å². The minimum absolute atomic E-state index is 0.610. The Morgan fingerprint density at radius 1 is 1.28 bits per heavy atom. The fourth-order valence-corrected chi connectivity index (χ4v) is 3.19. The van der Waals surface area contributed by atoms with Crippen molar-refractivity contribution in [2.75, 3.05) is 33.7 Å². The molecular weight excluding hydrogens is 220 g/mol. The van der Waals surface area contributed by atoms with E-state index >= 15 is 0 Å². The van der Waals surface area contributed by atoms with Gasteiger partial charge in [0.05, 0.1) is 0 Å². The minimum atomic E-state index is 0.610. The van der Waals surface area contributed by atoms with Gasteiger partial charge in [0.2, 0.25) is 0 Å². The summed E-state index contributed by atoms with van der Waals surface area (Å²) in [6.45, 7) is 6.04. The lowest BCUT2D eigenvalue weighted by Gasteiger charge is -2.27. The molecule has 0 amide bonds. The number of rotatable bonds is 5. The summed E-state index contributed by atoms with van der Waals surface area (Å²) in [5.74, 6) is 0.845. The first-order valence-corrected chi connectivity index (χ1v) is 7.14. The number of hydrogen-bond donors (Lipinski definition) is 0. The van der Waals surface area contributed by atoms with E-state index in [1.165, 1.54) is 38.0 Å². The van der Waals surface area contributed by atoms with E-state index < -0.39 is 0 Å². The molecule has 1 aromatic rings. The van der Waals surface area contributed by atoms with Gasteiger partial charge >= 0.3 is 0 Å². The van der Waals surface area contributed by atoms with Crippen LogP contribution in [-0.4, -0.2) is 43.5 Å². The summed E-state index contributed by atoms with van der Waals surface area (Å²) < 4.78 is 0. The maximum atomic E-state index is 2.67. The third kappa shape index (κ3) is 3.33. The van der Waals surface area contributed by atoms with Crippen molar-refractivity contribution >= 4 is 0 Å². The van der Waals surface area contributed by atoms with Crippen LogP contribution in [0, 0.1) is 5.92 Å². The Balaban J connectivity index is 1.98. The van der Waals surface area contributed by atoms with Crippen molar-refractivity contribution in [3.8, 4) is 0 Å². The molecule has 0 aromatic heterocycles. The van der Waals surface area contributed by atoms with E-state index in [9.17, 15) is 0 Å². The van der Waals surface area contributed by atoms with Gasteiger partial charge in [0.1, 0.15) is 0 Å². The van der Waals surface area contributed by atoms with Crippen LogP contribution in [0.4, 0.5) is 0 Å². The minimum Gasteiger partial charge on any atom is -0.309 e. The molecule has 2 heteroatoms. The van der Waals surface area contributed by atoms with Crippen molar-refractivity contribution < 1.29 is 0 Å². The van der Waals surface area contributed by atoms with Gasteiger partial charge in [0.15, 0.2) is 0 Å². The van der Waals surface area contributed by atoms with Gasteiger partial charge in [0.25, 0.3) is 0 Å². The molecule has 1 heterocycles. The van der Waals surface area contributed by atoms with Crippen LogP contribution in [0.1, 0.15) is 31.4 Å². The third-order valence-electron chi connectivity index (χ3n) is 3.95. The normalized spacial score (nSPS) is 22.6. The Kier molecular flexibility index (Phi) is 4.79. The van der Waals surface area contributed by atoms with Crippen LogP contribution >= 0.6 is 0 Å². The average Bonchev–Trinajstić information content (AvgIpc) is 2.79. The summed E-state index contributed by atoms with van der Waals surface area (Å²) in [6, 6.07) is 11.6. The molecule has 18 heavy (non-hydrogen) atoms. The number of likely N-dealkylation sites (tertiary alicyclic amines) is 1. The Labute approximate surface area is 112 Å². The van der Waals surface area contributed by atoms with Gasteiger partial charge in [-0.2, -0.15) is 0 Å². The monoisotopic (exact) mass is 246 g/mol. The molecule has 100 valence electrons. The predicted molar refractivity (Wildman–Crippen MR) is 77.7 cm³/mol. The lowest BCUT2D eigenvalue weighted by atomic mass is 10.0. The van der Waals surface area contributed by atoms with Gasteiger partial charge in [-0.15, -0.1) is 0 Å². The van der Waals surface area contributed by atoms with Crippen molar-refractivity contribution in [1.82, 2.24) is 9.80 Å². The fourth-order valence-electron chi connectivity index (χ4n) is 3.19. The summed E-state index contributed by atoms with van der Waals surface area (Å²) in [5.41, 5.74) is 1.48. The zero-order chi connectivity index (χ0) is 13.0. The van der Waals surface area contributed by atoms with E-state index in [-0.39, 0.29) is 0 Å². The maximum Gasteiger partial charge on any atom is 0.0345 e. The first-order valence-electron chi connectivity index (χ1n) is 7.14. The Morgan fingerprint density at radius 2 is 2.00 bits per heavy atom. The Bertz CT molecular complexity index is 347. The summed E-state index contributed by atoms with van der Waals surface area (Å²) in [4.78, 5) is 4.99. The van der Waals surface area contributed by atoms with E-state index in [1.54, 1.807) is 0 Å². The van der Waals surface area contributed by atoms with Gasteiger partial charge in [-0.25, -0.2) is 0 Å². The molecule has 0 bridgehead atoms. The lowest BCUT2D eigenvalue weighted by Crippen LogP contribution is -2.28. The summed E-state index contributed by atoms with van der Waals surface area (Å²) in [6.07, 6.45) is 2.56. The average molecular weight is 246 g/mol. The highest BCUT2D eigenvalue weighted by Gasteiger charge is 2.28. The van der Waals surface area contributed by atoms with Gasteiger partial charge in [0, 0.05) is 19.1 Å². The third-order valence-corrected chi connectivity index (χ3v) is 3.95. The second-order valence-electron chi connectivity index (χ2n) is 5.75. The molecule has 2 atom stereocenters. The van der Waals surface area contributed by atoms with Gasteiger partial charge in [-0.3, -0.25) is 4.90 Å². The maximum absolute atomic E-state index is 2.67. The molecule has 1 aliphatic heterocycles. The molecule has 0 N–H and O–H groups in total.